The normalized spacial score (nSPS) is 24.1. The number of rotatable bonds is 2. The Morgan fingerprint density at radius 2 is 1.84 bits per heavy atom. The van der Waals surface area contributed by atoms with Crippen LogP contribution in [0.3, 0.4) is 0 Å². The van der Waals surface area contributed by atoms with Gasteiger partial charge in [-0.15, -0.1) is 10.2 Å². The number of anilines is 1. The monoisotopic (exact) mass is 537 g/mol. The summed E-state index contributed by atoms with van der Waals surface area (Å²) in [6.45, 7) is 0.370. The van der Waals surface area contributed by atoms with E-state index in [4.69, 9.17) is 14.9 Å². The zero-order chi connectivity index (χ0) is 27.0. The second-order valence-electron chi connectivity index (χ2n) is 9.14. The van der Waals surface area contributed by atoms with Crippen LogP contribution in [-0.4, -0.2) is 63.1 Å². The Morgan fingerprint density at radius 1 is 1.08 bits per heavy atom. The van der Waals surface area contributed by atoms with Gasteiger partial charge in [-0.1, -0.05) is 6.42 Å². The lowest BCUT2D eigenvalue weighted by atomic mass is 9.95. The zero-order valence-corrected chi connectivity index (χ0v) is 19.5. The quantitative estimate of drug-likeness (QED) is 0.549. The lowest BCUT2D eigenvalue weighted by molar-refractivity contribution is -0.277. The van der Waals surface area contributed by atoms with E-state index in [9.17, 15) is 36.2 Å². The number of nitrogens with zero attached hydrogens (tertiary/aromatic N) is 4. The Kier molecular flexibility index (Phi) is 7.38. The molecule has 1 amide bonds. The number of carbonyl (C=O) groups is 1. The van der Waals surface area contributed by atoms with E-state index in [1.165, 1.54) is 0 Å². The van der Waals surface area contributed by atoms with E-state index in [0.29, 0.717) is 19.1 Å². The number of alkyl halides is 6. The number of hydrogen-bond acceptors (Lipinski definition) is 8. The first-order chi connectivity index (χ1) is 17.3. The van der Waals surface area contributed by atoms with E-state index in [1.54, 1.807) is 0 Å². The second-order valence-corrected chi connectivity index (χ2v) is 9.14. The van der Waals surface area contributed by atoms with Crippen LogP contribution in [0.15, 0.2) is 10.5 Å². The third-order valence-electron chi connectivity index (χ3n) is 6.46. The van der Waals surface area contributed by atoms with Gasteiger partial charge < -0.3 is 24.9 Å². The minimum absolute atomic E-state index is 0.0191. The third kappa shape index (κ3) is 5.51. The van der Waals surface area contributed by atoms with Gasteiger partial charge in [0.2, 0.25) is 5.60 Å². The predicted molar refractivity (Wildman–Crippen MR) is 115 cm³/mol. The highest BCUT2D eigenvalue weighted by Gasteiger charge is 2.58. The number of nitrogens with two attached hydrogens (primary N) is 1. The molecule has 0 aliphatic carbocycles. The largest absolute Gasteiger partial charge is 0.426 e. The maximum atomic E-state index is 13.9. The number of ether oxygens (including phenoxy) is 1. The summed E-state index contributed by atoms with van der Waals surface area (Å²) in [5, 5.41) is 17.2. The first-order valence-corrected chi connectivity index (χ1v) is 11.7. The number of hydrogen-bond donors (Lipinski definition) is 2. The van der Waals surface area contributed by atoms with Gasteiger partial charge in [-0.2, -0.15) is 26.3 Å². The van der Waals surface area contributed by atoms with Crippen LogP contribution in [0.1, 0.15) is 66.9 Å². The molecule has 37 heavy (non-hydrogen) atoms. The summed E-state index contributed by atoms with van der Waals surface area (Å²) >= 11 is 0. The van der Waals surface area contributed by atoms with Gasteiger partial charge in [-0.3, -0.25) is 4.79 Å². The molecule has 2 aromatic heterocycles. The number of aromatic nitrogens is 3. The Morgan fingerprint density at radius 3 is 2.49 bits per heavy atom. The molecule has 2 aromatic rings. The molecule has 2 atom stereocenters. The van der Waals surface area contributed by atoms with Crippen molar-refractivity contribution < 1.29 is 45.4 Å². The van der Waals surface area contributed by atoms with E-state index in [-0.39, 0.29) is 32.4 Å². The van der Waals surface area contributed by atoms with Crippen molar-refractivity contribution in [2.75, 3.05) is 25.4 Å². The number of carbonyl (C=O) groups excluding carboxylic acids is 1. The molecule has 3 N–H and O–H groups in total. The molecule has 0 saturated carbocycles. The molecule has 204 valence electrons. The van der Waals surface area contributed by atoms with E-state index in [0.717, 1.165) is 17.7 Å². The van der Waals surface area contributed by atoms with Gasteiger partial charge in [0.05, 0.1) is 17.4 Å². The predicted octanol–water partition coefficient (Wildman–Crippen LogP) is 4.07. The van der Waals surface area contributed by atoms with Crippen molar-refractivity contribution in [3.05, 3.63) is 23.2 Å². The number of amides is 1. The van der Waals surface area contributed by atoms with Crippen molar-refractivity contribution in [2.24, 2.45) is 0 Å². The average molecular weight is 537 g/mol. The van der Waals surface area contributed by atoms with Gasteiger partial charge in [0, 0.05) is 19.7 Å². The highest BCUT2D eigenvalue weighted by atomic mass is 19.4. The van der Waals surface area contributed by atoms with Crippen molar-refractivity contribution in [1.82, 2.24) is 20.1 Å². The summed E-state index contributed by atoms with van der Waals surface area (Å²) in [4.78, 5) is 18.4. The second kappa shape index (κ2) is 10.1. The average Bonchev–Trinajstić information content (AvgIpc) is 3.32. The molecular formula is C22H25F6N5O4. The standard InChI is InChI=1S/C22H25F6N5O4/c23-21(24,25)13-10-14(29)16-17-31-32-19(37-17)20(35,22(26,27)28)7-3-1-4-8-33(18(34)15(13)30-16)11-12-6-2-5-9-36-12/h10,12,35H,1-9,11,29H2/t12?,20-/m1/s1. The molecule has 0 aromatic carbocycles. The van der Waals surface area contributed by atoms with Crippen LogP contribution in [0.2, 0.25) is 0 Å². The maximum absolute atomic E-state index is 13.9. The third-order valence-corrected chi connectivity index (χ3v) is 6.46. The highest BCUT2D eigenvalue weighted by molar-refractivity contribution is 5.95. The number of aliphatic hydroxyl groups is 1. The smallest absolute Gasteiger partial charge is 0.416 e. The Hall–Kier alpha value is -2.94. The first kappa shape index (κ1) is 27.1. The molecule has 9 nitrogen and oxygen atoms in total. The topological polar surface area (TPSA) is 128 Å². The van der Waals surface area contributed by atoms with Gasteiger partial charge >= 0.3 is 12.4 Å². The van der Waals surface area contributed by atoms with Crippen molar-refractivity contribution in [3.8, 4) is 11.6 Å². The fourth-order valence-corrected chi connectivity index (χ4v) is 4.42. The summed E-state index contributed by atoms with van der Waals surface area (Å²) in [6.07, 6.45) is -9.04. The first-order valence-electron chi connectivity index (χ1n) is 11.7. The summed E-state index contributed by atoms with van der Waals surface area (Å²) < 4.78 is 93.8. The van der Waals surface area contributed by atoms with E-state index in [2.05, 4.69) is 15.2 Å². The lowest BCUT2D eigenvalue weighted by Gasteiger charge is -2.31. The fraction of sp³-hybridized carbons (Fsp3) is 0.636. The molecule has 0 spiro atoms. The Balaban J connectivity index is 1.83. The van der Waals surface area contributed by atoms with Crippen LogP contribution in [0, 0.1) is 0 Å². The molecule has 1 fully saturated rings. The van der Waals surface area contributed by atoms with Gasteiger partial charge in [0.15, 0.2) is 5.69 Å². The molecule has 1 unspecified atom stereocenters. The van der Waals surface area contributed by atoms with Gasteiger partial charge in [0.25, 0.3) is 17.7 Å². The van der Waals surface area contributed by atoms with Crippen LogP contribution >= 0.6 is 0 Å². The number of pyridine rings is 1. The highest BCUT2D eigenvalue weighted by Crippen LogP contribution is 2.43. The summed E-state index contributed by atoms with van der Waals surface area (Å²) in [5.74, 6) is -3.00. The van der Waals surface area contributed by atoms with Crippen molar-refractivity contribution in [3.63, 3.8) is 0 Å². The van der Waals surface area contributed by atoms with Crippen LogP contribution in [0.25, 0.3) is 11.6 Å². The van der Waals surface area contributed by atoms with Gasteiger partial charge in [-0.25, -0.2) is 4.98 Å². The number of fused-ring (bicyclic) bond motifs is 5. The van der Waals surface area contributed by atoms with E-state index < -0.39 is 70.8 Å². The zero-order valence-electron chi connectivity index (χ0n) is 19.5. The molecule has 4 bridgehead atoms. The summed E-state index contributed by atoms with van der Waals surface area (Å²) in [7, 11) is 0. The minimum atomic E-state index is -5.18. The minimum Gasteiger partial charge on any atom is -0.416 e. The Bertz CT molecular complexity index is 1130. The van der Waals surface area contributed by atoms with Gasteiger partial charge in [-0.05, 0) is 44.6 Å². The number of nitrogen functional groups attached to an aromatic ring is 1. The molecule has 2 aliphatic heterocycles. The van der Waals surface area contributed by atoms with Crippen molar-refractivity contribution in [1.29, 1.82) is 0 Å². The molecule has 1 saturated heterocycles. The van der Waals surface area contributed by atoms with Crippen LogP contribution in [0.5, 0.6) is 0 Å². The molecule has 0 radical (unpaired) electrons. The van der Waals surface area contributed by atoms with Crippen molar-refractivity contribution >= 4 is 11.6 Å². The maximum Gasteiger partial charge on any atom is 0.426 e. The lowest BCUT2D eigenvalue weighted by Crippen LogP contribution is -2.43. The van der Waals surface area contributed by atoms with Crippen LogP contribution in [-0.2, 0) is 16.5 Å². The summed E-state index contributed by atoms with van der Waals surface area (Å²) in [6, 6.07) is 0.455. The van der Waals surface area contributed by atoms with Crippen molar-refractivity contribution in [2.45, 2.75) is 69.0 Å². The summed E-state index contributed by atoms with van der Waals surface area (Å²) in [5.41, 5.74) is -1.43. The SMILES string of the molecule is Nc1cc(C(F)(F)F)c2nc1-c1nnc(o1)[C@@](O)(C(F)(F)F)CCCCCN(CC1CCCCO1)C2=O. The fourth-order valence-electron chi connectivity index (χ4n) is 4.42. The molecule has 4 rings (SSSR count). The van der Waals surface area contributed by atoms with E-state index in [1.807, 2.05) is 0 Å². The van der Waals surface area contributed by atoms with Crippen LogP contribution < -0.4 is 5.73 Å². The van der Waals surface area contributed by atoms with Crippen LogP contribution in [0.4, 0.5) is 32.0 Å². The molecule has 2 aliphatic rings. The Labute approximate surface area is 207 Å². The number of halogens is 6. The molecular weight excluding hydrogens is 512 g/mol. The van der Waals surface area contributed by atoms with E-state index >= 15 is 0 Å². The molecule has 15 heteroatoms. The van der Waals surface area contributed by atoms with Gasteiger partial charge in [0.1, 0.15) is 5.69 Å². The molecule has 4 heterocycles.